The van der Waals surface area contributed by atoms with E-state index in [-0.39, 0.29) is 0 Å². The number of aromatic nitrogens is 2. The van der Waals surface area contributed by atoms with Gasteiger partial charge in [-0.05, 0) is 65.8 Å². The summed E-state index contributed by atoms with van der Waals surface area (Å²) < 4.78 is 0. The van der Waals surface area contributed by atoms with Crippen LogP contribution < -0.4 is 0 Å². The van der Waals surface area contributed by atoms with Gasteiger partial charge in [-0.3, -0.25) is 0 Å². The predicted molar refractivity (Wildman–Crippen MR) is 142 cm³/mol. The molecule has 3 nitrogen and oxygen atoms in total. The maximum Gasteiger partial charge on any atom is 0.0724 e. The molecule has 0 bridgehead atoms. The molecule has 0 unspecified atom stereocenters. The third-order valence-corrected chi connectivity index (χ3v) is 6.33. The van der Waals surface area contributed by atoms with E-state index < -0.39 is 0 Å². The number of para-hydroxylation sites is 1. The van der Waals surface area contributed by atoms with Crippen LogP contribution in [-0.2, 0) is 12.8 Å². The maximum atomic E-state index is 8.83. The Kier molecular flexibility index (Phi) is 6.42. The van der Waals surface area contributed by atoms with Gasteiger partial charge in [-0.15, -0.1) is 0 Å². The largest absolute Gasteiger partial charge is 0.361 e. The number of hydrogen-bond acceptors (Lipinski definition) is 2. The fraction of sp³-hybridized carbons (Fsp3) is 0.133. The summed E-state index contributed by atoms with van der Waals surface area (Å²) in [5.74, 6) is 0. The van der Waals surface area contributed by atoms with Gasteiger partial charge < -0.3 is 4.98 Å². The van der Waals surface area contributed by atoms with Gasteiger partial charge in [0.2, 0.25) is 0 Å². The zero-order valence-electron chi connectivity index (χ0n) is 18.8. The molecule has 1 N–H and O–H groups in total. The van der Waals surface area contributed by atoms with Crippen LogP contribution in [0.2, 0.25) is 5.02 Å². The molecule has 2 aromatic heterocycles. The lowest BCUT2D eigenvalue weighted by molar-refractivity contribution is 0.854. The van der Waals surface area contributed by atoms with Gasteiger partial charge in [0.1, 0.15) is 0 Å². The molecule has 0 fully saturated rings. The number of benzene rings is 3. The van der Waals surface area contributed by atoms with Crippen molar-refractivity contribution in [3.8, 4) is 6.07 Å². The zero-order chi connectivity index (χ0) is 23.3. The van der Waals surface area contributed by atoms with E-state index in [4.69, 9.17) is 21.8 Å². The van der Waals surface area contributed by atoms with Crippen LogP contribution in [0.5, 0.6) is 0 Å². The lowest BCUT2D eigenvalue weighted by Crippen LogP contribution is -1.89. The Morgan fingerprint density at radius 3 is 2.74 bits per heavy atom. The van der Waals surface area contributed by atoms with Gasteiger partial charge in [0.15, 0.2) is 0 Å². The molecule has 5 rings (SSSR count). The first-order chi connectivity index (χ1) is 16.7. The molecule has 0 radical (unpaired) electrons. The smallest absolute Gasteiger partial charge is 0.0724 e. The fourth-order valence-electron chi connectivity index (χ4n) is 4.39. The Bertz CT molecular complexity index is 1540. The van der Waals surface area contributed by atoms with E-state index >= 15 is 0 Å². The highest BCUT2D eigenvalue weighted by molar-refractivity contribution is 6.31. The van der Waals surface area contributed by atoms with Crippen molar-refractivity contribution in [2.45, 2.75) is 25.7 Å². The average Bonchev–Trinajstić information content (AvgIpc) is 3.26. The average molecular weight is 462 g/mol. The van der Waals surface area contributed by atoms with Crippen LogP contribution >= 0.6 is 11.6 Å². The molecule has 0 aliphatic heterocycles. The molecule has 0 atom stereocenters. The normalized spacial score (nSPS) is 11.4. The molecule has 166 valence electrons. The minimum absolute atomic E-state index is 0.590. The van der Waals surface area contributed by atoms with Crippen LogP contribution in [0.15, 0.2) is 79.0 Å². The van der Waals surface area contributed by atoms with Crippen molar-refractivity contribution < 1.29 is 0 Å². The molecule has 0 spiro atoms. The third-order valence-electron chi connectivity index (χ3n) is 6.09. The first kappa shape index (κ1) is 21.9. The van der Waals surface area contributed by atoms with Gasteiger partial charge in [-0.1, -0.05) is 72.3 Å². The molecule has 0 saturated carbocycles. The number of pyridine rings is 1. The number of nitrogens with zero attached hydrogens (tertiary/aromatic N) is 2. The van der Waals surface area contributed by atoms with Crippen molar-refractivity contribution in [2.24, 2.45) is 0 Å². The first-order valence-corrected chi connectivity index (χ1v) is 11.9. The number of H-pyrrole nitrogens is 1. The van der Waals surface area contributed by atoms with Crippen LogP contribution in [0.25, 0.3) is 34.0 Å². The number of hydrogen-bond donors (Lipinski definition) is 1. The van der Waals surface area contributed by atoms with Crippen molar-refractivity contribution in [2.75, 3.05) is 0 Å². The molecule has 0 amide bonds. The quantitative estimate of drug-likeness (QED) is 0.250. The number of rotatable bonds is 7. The topological polar surface area (TPSA) is 52.5 Å². The Labute approximate surface area is 204 Å². The second-order valence-electron chi connectivity index (χ2n) is 8.49. The van der Waals surface area contributed by atoms with Crippen molar-refractivity contribution >= 4 is 45.6 Å². The summed E-state index contributed by atoms with van der Waals surface area (Å²) in [7, 11) is 0. The summed E-state index contributed by atoms with van der Waals surface area (Å²) in [4.78, 5) is 8.18. The van der Waals surface area contributed by atoms with Gasteiger partial charge in [0.25, 0.3) is 0 Å². The summed E-state index contributed by atoms with van der Waals surface area (Å²) in [6.45, 7) is 0. The van der Waals surface area contributed by atoms with Crippen LogP contribution in [0, 0.1) is 11.3 Å². The van der Waals surface area contributed by atoms with Gasteiger partial charge >= 0.3 is 0 Å². The number of aryl methyl sites for hydroxylation is 1. The van der Waals surface area contributed by atoms with Gasteiger partial charge in [0.05, 0.1) is 17.3 Å². The number of halogens is 1. The first-order valence-electron chi connectivity index (χ1n) is 11.5. The van der Waals surface area contributed by atoms with Crippen LogP contribution in [0.1, 0.15) is 40.8 Å². The van der Waals surface area contributed by atoms with Crippen molar-refractivity contribution in [1.29, 1.82) is 5.26 Å². The minimum atomic E-state index is 0.590. The summed E-state index contributed by atoms with van der Waals surface area (Å²) in [5.41, 5.74) is 7.95. The number of unbranched alkanes of at least 4 members (excludes halogenated alkanes) is 1. The molecule has 4 heteroatoms. The lowest BCUT2D eigenvalue weighted by atomic mass is 9.99. The Balaban J connectivity index is 1.35. The predicted octanol–water partition coefficient (Wildman–Crippen LogP) is 7.98. The summed E-state index contributed by atoms with van der Waals surface area (Å²) >= 11 is 6.12. The van der Waals surface area contributed by atoms with E-state index in [2.05, 4.69) is 71.9 Å². The third kappa shape index (κ3) is 4.88. The molecular weight excluding hydrogens is 438 g/mol. The van der Waals surface area contributed by atoms with Crippen LogP contribution in [0.3, 0.4) is 0 Å². The minimum Gasteiger partial charge on any atom is -0.361 e. The summed E-state index contributed by atoms with van der Waals surface area (Å²) in [6, 6.07) is 27.2. The summed E-state index contributed by atoms with van der Waals surface area (Å²) in [5, 5.41) is 11.9. The molecule has 5 aromatic rings. The van der Waals surface area contributed by atoms with Gasteiger partial charge in [-0.25, -0.2) is 4.98 Å². The van der Waals surface area contributed by atoms with Gasteiger partial charge in [-0.2, -0.15) is 5.26 Å². The highest BCUT2D eigenvalue weighted by atomic mass is 35.5. The zero-order valence-corrected chi connectivity index (χ0v) is 19.5. The lowest BCUT2D eigenvalue weighted by Gasteiger charge is -2.05. The molecule has 0 aliphatic carbocycles. The highest BCUT2D eigenvalue weighted by Crippen LogP contribution is 2.26. The van der Waals surface area contributed by atoms with E-state index in [0.29, 0.717) is 11.4 Å². The molecule has 2 heterocycles. The number of aromatic amines is 1. The Morgan fingerprint density at radius 1 is 0.941 bits per heavy atom. The number of nitrogens with one attached hydrogen (secondary N) is 1. The molecule has 0 aliphatic rings. The number of fused-ring (bicyclic) bond motifs is 2. The van der Waals surface area contributed by atoms with Gasteiger partial charge in [0, 0.05) is 33.9 Å². The Morgan fingerprint density at radius 2 is 1.82 bits per heavy atom. The monoisotopic (exact) mass is 461 g/mol. The van der Waals surface area contributed by atoms with E-state index in [9.17, 15) is 0 Å². The molecule has 34 heavy (non-hydrogen) atoms. The van der Waals surface area contributed by atoms with E-state index in [1.807, 2.05) is 30.3 Å². The van der Waals surface area contributed by atoms with E-state index in [1.54, 1.807) is 0 Å². The number of nitriles is 1. The second-order valence-corrected chi connectivity index (χ2v) is 8.93. The van der Waals surface area contributed by atoms with E-state index in [1.165, 1.54) is 27.6 Å². The maximum absolute atomic E-state index is 8.83. The fourth-order valence-corrected chi connectivity index (χ4v) is 4.56. The molecular formula is C30H24ClN3. The van der Waals surface area contributed by atoms with Crippen molar-refractivity contribution in [1.82, 2.24) is 9.97 Å². The van der Waals surface area contributed by atoms with Crippen molar-refractivity contribution in [3.05, 3.63) is 112 Å². The highest BCUT2D eigenvalue weighted by Gasteiger charge is 2.08. The van der Waals surface area contributed by atoms with E-state index in [0.717, 1.165) is 41.4 Å². The van der Waals surface area contributed by atoms with Crippen LogP contribution in [-0.4, -0.2) is 9.97 Å². The molecule has 0 saturated heterocycles. The molecule has 3 aromatic carbocycles. The standard InChI is InChI=1S/C30H24ClN3/c31-26-13-11-23-12-15-27(34-29(23)19-26)14-10-21-5-3-6-22(17-21)18-25-20-33-30-24(7-1-2-16-32)8-4-9-28(25)30/h3-6,8-15,17,19-20,33H,1-2,7,18H2/b14-10+. The van der Waals surface area contributed by atoms with Crippen molar-refractivity contribution in [3.63, 3.8) is 0 Å². The van der Waals surface area contributed by atoms with Crippen LogP contribution in [0.4, 0.5) is 0 Å². The second kappa shape index (κ2) is 9.95. The Hall–Kier alpha value is -3.87. The summed E-state index contributed by atoms with van der Waals surface area (Å²) in [6.07, 6.45) is 9.51. The SMILES string of the molecule is N#CCCCc1cccc2c(Cc3cccc(/C=C/c4ccc5ccc(Cl)cc5n4)c3)c[nH]c12.